The molecule has 0 aliphatic carbocycles. The molecular weight excluding hydrogens is 212 g/mol. The van der Waals surface area contributed by atoms with Crippen molar-refractivity contribution in [2.75, 3.05) is 6.61 Å². The van der Waals surface area contributed by atoms with Crippen molar-refractivity contribution in [2.24, 2.45) is 5.92 Å². The summed E-state index contributed by atoms with van der Waals surface area (Å²) in [6, 6.07) is 0. The summed E-state index contributed by atoms with van der Waals surface area (Å²) in [6.45, 7) is 12.7. The third-order valence-electron chi connectivity index (χ3n) is 2.26. The minimum Gasteiger partial charge on any atom is -0.466 e. The van der Waals surface area contributed by atoms with Gasteiger partial charge in [0.1, 0.15) is 5.76 Å². The van der Waals surface area contributed by atoms with Gasteiger partial charge in [0.15, 0.2) is 6.29 Å². The maximum Gasteiger partial charge on any atom is 0.196 e. The van der Waals surface area contributed by atoms with Crippen LogP contribution in [0.4, 0.5) is 0 Å². The van der Waals surface area contributed by atoms with Gasteiger partial charge in [0.25, 0.3) is 0 Å². The van der Waals surface area contributed by atoms with Crippen molar-refractivity contribution in [3.8, 4) is 0 Å². The second-order valence-corrected chi connectivity index (χ2v) is 4.38. The molecule has 0 N–H and O–H groups in total. The highest BCUT2D eigenvalue weighted by molar-refractivity contribution is 5.15. The molecule has 0 bridgehead atoms. The summed E-state index contributed by atoms with van der Waals surface area (Å²) in [7, 11) is 0. The summed E-state index contributed by atoms with van der Waals surface area (Å²) in [5, 5.41) is 0. The SMILES string of the molecule is C=C/C=C\C(=C/C)OC(C)OCCCC(C)C. The number of rotatable bonds is 9. The van der Waals surface area contributed by atoms with Crippen LogP contribution in [0.15, 0.2) is 36.6 Å². The number of allylic oxidation sites excluding steroid dienone is 4. The molecular formula is C15H26O2. The highest BCUT2D eigenvalue weighted by atomic mass is 16.7. The Morgan fingerprint density at radius 3 is 2.53 bits per heavy atom. The van der Waals surface area contributed by atoms with Gasteiger partial charge in [-0.1, -0.05) is 32.6 Å². The fourth-order valence-corrected chi connectivity index (χ4v) is 1.33. The fourth-order valence-electron chi connectivity index (χ4n) is 1.33. The summed E-state index contributed by atoms with van der Waals surface area (Å²) in [6.07, 6.45) is 9.43. The van der Waals surface area contributed by atoms with Crippen LogP contribution in [0.2, 0.25) is 0 Å². The van der Waals surface area contributed by atoms with Gasteiger partial charge in [-0.2, -0.15) is 0 Å². The molecule has 2 heteroatoms. The first-order valence-electron chi connectivity index (χ1n) is 6.33. The third kappa shape index (κ3) is 9.88. The van der Waals surface area contributed by atoms with E-state index in [9.17, 15) is 0 Å². The minimum atomic E-state index is -0.206. The van der Waals surface area contributed by atoms with Gasteiger partial charge < -0.3 is 9.47 Å². The minimum absolute atomic E-state index is 0.206. The Kier molecular flexibility index (Phi) is 9.55. The maximum absolute atomic E-state index is 5.61. The standard InChI is InChI=1S/C15H26O2/c1-6-8-11-15(7-2)17-14(5)16-12-9-10-13(3)4/h6-8,11,13-14H,1,9-10,12H2,2-5H3/b11-8-,15-7+. The van der Waals surface area contributed by atoms with Crippen LogP contribution in [-0.2, 0) is 9.47 Å². The maximum atomic E-state index is 5.61. The van der Waals surface area contributed by atoms with E-state index in [1.54, 1.807) is 6.08 Å². The summed E-state index contributed by atoms with van der Waals surface area (Å²) >= 11 is 0. The smallest absolute Gasteiger partial charge is 0.196 e. The Morgan fingerprint density at radius 2 is 2.00 bits per heavy atom. The molecule has 17 heavy (non-hydrogen) atoms. The molecule has 0 fully saturated rings. The molecule has 0 aromatic heterocycles. The second-order valence-electron chi connectivity index (χ2n) is 4.38. The van der Waals surface area contributed by atoms with Gasteiger partial charge >= 0.3 is 0 Å². The molecule has 0 rings (SSSR count). The van der Waals surface area contributed by atoms with E-state index in [0.717, 1.165) is 24.7 Å². The van der Waals surface area contributed by atoms with E-state index in [1.165, 1.54) is 6.42 Å². The Labute approximate surface area is 106 Å². The van der Waals surface area contributed by atoms with Crippen molar-refractivity contribution in [1.82, 2.24) is 0 Å². The van der Waals surface area contributed by atoms with Crippen LogP contribution in [0.1, 0.15) is 40.5 Å². The molecule has 1 atom stereocenters. The van der Waals surface area contributed by atoms with Gasteiger partial charge in [-0.3, -0.25) is 0 Å². The van der Waals surface area contributed by atoms with E-state index in [-0.39, 0.29) is 6.29 Å². The van der Waals surface area contributed by atoms with Gasteiger partial charge in [-0.05, 0) is 44.8 Å². The van der Waals surface area contributed by atoms with Crippen LogP contribution in [0.25, 0.3) is 0 Å². The van der Waals surface area contributed by atoms with Crippen molar-refractivity contribution >= 4 is 0 Å². The lowest BCUT2D eigenvalue weighted by Crippen LogP contribution is -2.13. The van der Waals surface area contributed by atoms with E-state index in [4.69, 9.17) is 9.47 Å². The van der Waals surface area contributed by atoms with Gasteiger partial charge in [0.2, 0.25) is 0 Å². The normalized spacial score (nSPS) is 14.3. The molecule has 0 saturated carbocycles. The Hall–Kier alpha value is -1.02. The first kappa shape index (κ1) is 16.0. The van der Waals surface area contributed by atoms with Crippen LogP contribution in [0.3, 0.4) is 0 Å². The van der Waals surface area contributed by atoms with Crippen molar-refractivity contribution in [3.05, 3.63) is 36.6 Å². The number of hydrogen-bond acceptors (Lipinski definition) is 2. The lowest BCUT2D eigenvalue weighted by atomic mass is 10.1. The van der Waals surface area contributed by atoms with Crippen LogP contribution in [0.5, 0.6) is 0 Å². The fraction of sp³-hybridized carbons (Fsp3) is 0.600. The summed E-state index contributed by atoms with van der Waals surface area (Å²) in [5.74, 6) is 1.54. The molecule has 2 nitrogen and oxygen atoms in total. The molecule has 0 amide bonds. The molecule has 0 radical (unpaired) electrons. The second kappa shape index (κ2) is 10.2. The molecule has 0 aliphatic rings. The van der Waals surface area contributed by atoms with Gasteiger partial charge in [0.05, 0.1) is 6.61 Å². The molecule has 0 spiro atoms. The van der Waals surface area contributed by atoms with Crippen molar-refractivity contribution < 1.29 is 9.47 Å². The average molecular weight is 238 g/mol. The summed E-state index contributed by atoms with van der Waals surface area (Å²) in [4.78, 5) is 0. The predicted octanol–water partition coefficient (Wildman–Crippen LogP) is 4.45. The molecule has 98 valence electrons. The Morgan fingerprint density at radius 1 is 1.29 bits per heavy atom. The monoisotopic (exact) mass is 238 g/mol. The zero-order valence-corrected chi connectivity index (χ0v) is 11.6. The average Bonchev–Trinajstić information content (AvgIpc) is 2.29. The largest absolute Gasteiger partial charge is 0.466 e. The highest BCUT2D eigenvalue weighted by Crippen LogP contribution is 2.08. The number of hydrogen-bond donors (Lipinski definition) is 0. The van der Waals surface area contributed by atoms with Gasteiger partial charge in [0, 0.05) is 0 Å². The van der Waals surface area contributed by atoms with Crippen molar-refractivity contribution in [1.29, 1.82) is 0 Å². The van der Waals surface area contributed by atoms with Gasteiger partial charge in [-0.25, -0.2) is 0 Å². The van der Waals surface area contributed by atoms with Crippen molar-refractivity contribution in [2.45, 2.75) is 46.8 Å². The zero-order valence-electron chi connectivity index (χ0n) is 11.6. The topological polar surface area (TPSA) is 18.5 Å². The zero-order chi connectivity index (χ0) is 13.1. The molecule has 0 aliphatic heterocycles. The predicted molar refractivity (Wildman–Crippen MR) is 73.7 cm³/mol. The Balaban J connectivity index is 3.80. The first-order chi connectivity index (χ1) is 8.10. The van der Waals surface area contributed by atoms with Crippen LogP contribution < -0.4 is 0 Å². The van der Waals surface area contributed by atoms with E-state index in [0.29, 0.717) is 0 Å². The van der Waals surface area contributed by atoms with Crippen LogP contribution in [0, 0.1) is 5.92 Å². The first-order valence-corrected chi connectivity index (χ1v) is 6.33. The molecule has 1 unspecified atom stereocenters. The van der Waals surface area contributed by atoms with Gasteiger partial charge in [-0.15, -0.1) is 0 Å². The van der Waals surface area contributed by atoms with E-state index < -0.39 is 0 Å². The molecule has 0 aromatic rings. The molecule has 0 aromatic carbocycles. The molecule has 0 saturated heterocycles. The molecule has 0 heterocycles. The number of ether oxygens (including phenoxy) is 2. The lowest BCUT2D eigenvalue weighted by Gasteiger charge is -2.16. The Bertz CT molecular complexity index is 252. The third-order valence-corrected chi connectivity index (χ3v) is 2.26. The quantitative estimate of drug-likeness (QED) is 0.256. The van der Waals surface area contributed by atoms with Crippen LogP contribution in [-0.4, -0.2) is 12.9 Å². The van der Waals surface area contributed by atoms with E-state index in [1.807, 2.05) is 32.1 Å². The highest BCUT2D eigenvalue weighted by Gasteiger charge is 2.03. The van der Waals surface area contributed by atoms with Crippen molar-refractivity contribution in [3.63, 3.8) is 0 Å². The summed E-state index contributed by atoms with van der Waals surface area (Å²) in [5.41, 5.74) is 0. The van der Waals surface area contributed by atoms with E-state index >= 15 is 0 Å². The van der Waals surface area contributed by atoms with E-state index in [2.05, 4.69) is 20.4 Å². The summed E-state index contributed by atoms with van der Waals surface area (Å²) < 4.78 is 11.2. The van der Waals surface area contributed by atoms with Crippen LogP contribution >= 0.6 is 0 Å². The lowest BCUT2D eigenvalue weighted by molar-refractivity contribution is -0.101.